The first-order valence-electron chi connectivity index (χ1n) is 9.30. The van der Waals surface area contributed by atoms with Gasteiger partial charge in [0, 0.05) is 39.9 Å². The van der Waals surface area contributed by atoms with Gasteiger partial charge in [0.05, 0.1) is 7.11 Å². The molecule has 0 atom stereocenters. The number of carbonyl (C=O) groups is 1. The first-order valence-corrected chi connectivity index (χ1v) is 10.5. The van der Waals surface area contributed by atoms with Gasteiger partial charge in [0.15, 0.2) is 11.5 Å². The summed E-state index contributed by atoms with van der Waals surface area (Å²) >= 11 is 9.69. The molecule has 0 bridgehead atoms. The summed E-state index contributed by atoms with van der Waals surface area (Å²) < 4.78 is 12.6. The summed E-state index contributed by atoms with van der Waals surface area (Å²) in [6.45, 7) is 2.37. The third kappa shape index (κ3) is 5.90. The Labute approximate surface area is 189 Å². The van der Waals surface area contributed by atoms with E-state index < -0.39 is 0 Å². The number of methoxy groups -OCH3 is 1. The van der Waals surface area contributed by atoms with Crippen molar-refractivity contribution in [3.05, 3.63) is 81.3 Å². The Hall–Kier alpha value is -2.70. The van der Waals surface area contributed by atoms with Crippen LogP contribution in [0.15, 0.2) is 65.1 Å². The van der Waals surface area contributed by atoms with E-state index in [1.807, 2.05) is 60.7 Å². The number of nitrogens with one attached hydrogen (secondary N) is 2. The number of benzene rings is 3. The maximum absolute atomic E-state index is 11.2. The van der Waals surface area contributed by atoms with Gasteiger partial charge in [-0.15, -0.1) is 0 Å². The Morgan fingerprint density at radius 3 is 2.47 bits per heavy atom. The summed E-state index contributed by atoms with van der Waals surface area (Å²) in [4.78, 5) is 11.2. The van der Waals surface area contributed by atoms with E-state index in [0.29, 0.717) is 29.7 Å². The zero-order valence-corrected chi connectivity index (χ0v) is 19.0. The molecular formula is C23H22BrClN2O3. The second-order valence-electron chi connectivity index (χ2n) is 6.59. The van der Waals surface area contributed by atoms with E-state index in [9.17, 15) is 4.79 Å². The van der Waals surface area contributed by atoms with Crippen molar-refractivity contribution in [3.8, 4) is 11.5 Å². The summed E-state index contributed by atoms with van der Waals surface area (Å²) in [5, 5.41) is 6.81. The van der Waals surface area contributed by atoms with E-state index in [1.54, 1.807) is 7.11 Å². The van der Waals surface area contributed by atoms with Crippen LogP contribution in [0.2, 0.25) is 5.02 Å². The molecule has 0 aliphatic heterocycles. The van der Waals surface area contributed by atoms with E-state index >= 15 is 0 Å². The Morgan fingerprint density at radius 1 is 1.07 bits per heavy atom. The SMILES string of the molecule is COc1ccc(Br)c(CNc2ccc(NC(C)=O)cc2)c1OCc1cccc(Cl)c1. The van der Waals surface area contributed by atoms with E-state index in [1.165, 1.54) is 6.92 Å². The molecule has 1 amide bonds. The smallest absolute Gasteiger partial charge is 0.221 e. The number of hydrogen-bond acceptors (Lipinski definition) is 4. The zero-order chi connectivity index (χ0) is 21.5. The van der Waals surface area contributed by atoms with Gasteiger partial charge < -0.3 is 20.1 Å². The molecule has 156 valence electrons. The fourth-order valence-electron chi connectivity index (χ4n) is 2.91. The number of anilines is 2. The molecule has 7 heteroatoms. The third-order valence-electron chi connectivity index (χ3n) is 4.33. The van der Waals surface area contributed by atoms with Crippen molar-refractivity contribution < 1.29 is 14.3 Å². The van der Waals surface area contributed by atoms with Crippen molar-refractivity contribution in [2.75, 3.05) is 17.7 Å². The molecular weight excluding hydrogens is 468 g/mol. The Morgan fingerprint density at radius 2 is 1.80 bits per heavy atom. The molecule has 3 aromatic rings. The average Bonchev–Trinajstić information content (AvgIpc) is 2.72. The van der Waals surface area contributed by atoms with Gasteiger partial charge in [0.1, 0.15) is 6.61 Å². The largest absolute Gasteiger partial charge is 0.493 e. The van der Waals surface area contributed by atoms with Crippen molar-refractivity contribution in [2.45, 2.75) is 20.1 Å². The van der Waals surface area contributed by atoms with Crippen LogP contribution in [0.1, 0.15) is 18.1 Å². The minimum Gasteiger partial charge on any atom is -0.493 e. The zero-order valence-electron chi connectivity index (χ0n) is 16.7. The van der Waals surface area contributed by atoms with Gasteiger partial charge in [-0.1, -0.05) is 39.7 Å². The lowest BCUT2D eigenvalue weighted by Crippen LogP contribution is -2.07. The number of ether oxygens (including phenoxy) is 2. The lowest BCUT2D eigenvalue weighted by molar-refractivity contribution is -0.114. The third-order valence-corrected chi connectivity index (χ3v) is 5.31. The number of halogens is 2. The Bertz CT molecular complexity index is 1030. The van der Waals surface area contributed by atoms with Crippen LogP contribution in [0.5, 0.6) is 11.5 Å². The van der Waals surface area contributed by atoms with Gasteiger partial charge in [0.25, 0.3) is 0 Å². The van der Waals surface area contributed by atoms with Gasteiger partial charge >= 0.3 is 0 Å². The predicted octanol–water partition coefficient (Wildman–Crippen LogP) is 6.26. The van der Waals surface area contributed by atoms with Gasteiger partial charge in [-0.3, -0.25) is 4.79 Å². The fourth-order valence-corrected chi connectivity index (χ4v) is 3.58. The highest BCUT2D eigenvalue weighted by Crippen LogP contribution is 2.37. The minimum absolute atomic E-state index is 0.0995. The molecule has 0 saturated heterocycles. The highest BCUT2D eigenvalue weighted by Gasteiger charge is 2.15. The highest BCUT2D eigenvalue weighted by molar-refractivity contribution is 9.10. The van der Waals surface area contributed by atoms with Gasteiger partial charge in [-0.05, 0) is 54.1 Å². The second kappa shape index (κ2) is 10.4. The van der Waals surface area contributed by atoms with Crippen LogP contribution in [0, 0.1) is 0 Å². The quantitative estimate of drug-likeness (QED) is 0.392. The summed E-state index contributed by atoms with van der Waals surface area (Å²) in [6.07, 6.45) is 0. The van der Waals surface area contributed by atoms with Crippen LogP contribution >= 0.6 is 27.5 Å². The summed E-state index contributed by atoms with van der Waals surface area (Å²) in [7, 11) is 1.62. The number of hydrogen-bond donors (Lipinski definition) is 2. The molecule has 0 radical (unpaired) electrons. The number of carbonyl (C=O) groups excluding carboxylic acids is 1. The Kier molecular flexibility index (Phi) is 7.60. The molecule has 2 N–H and O–H groups in total. The Balaban J connectivity index is 1.77. The van der Waals surface area contributed by atoms with Crippen LogP contribution in [-0.4, -0.2) is 13.0 Å². The number of amides is 1. The molecule has 0 unspecified atom stereocenters. The summed E-state index contributed by atoms with van der Waals surface area (Å²) in [6, 6.07) is 18.9. The van der Waals surface area contributed by atoms with Gasteiger partial charge in [-0.2, -0.15) is 0 Å². The molecule has 0 aliphatic carbocycles. The van der Waals surface area contributed by atoms with Gasteiger partial charge in [-0.25, -0.2) is 0 Å². The van der Waals surface area contributed by atoms with Crippen LogP contribution < -0.4 is 20.1 Å². The molecule has 3 rings (SSSR count). The monoisotopic (exact) mass is 488 g/mol. The average molecular weight is 490 g/mol. The molecule has 0 spiro atoms. The van der Waals surface area contributed by atoms with E-state index in [-0.39, 0.29) is 5.91 Å². The molecule has 0 saturated carbocycles. The molecule has 0 aromatic heterocycles. The molecule has 30 heavy (non-hydrogen) atoms. The van der Waals surface area contributed by atoms with Crippen LogP contribution in [0.4, 0.5) is 11.4 Å². The van der Waals surface area contributed by atoms with Crippen molar-refractivity contribution in [3.63, 3.8) is 0 Å². The fraction of sp³-hybridized carbons (Fsp3) is 0.174. The van der Waals surface area contributed by atoms with Crippen LogP contribution in [-0.2, 0) is 17.9 Å². The lowest BCUT2D eigenvalue weighted by Gasteiger charge is -2.18. The van der Waals surface area contributed by atoms with E-state index in [0.717, 1.165) is 27.0 Å². The first kappa shape index (κ1) is 22.0. The van der Waals surface area contributed by atoms with Crippen molar-refractivity contribution in [1.29, 1.82) is 0 Å². The normalized spacial score (nSPS) is 10.4. The van der Waals surface area contributed by atoms with Crippen LogP contribution in [0.25, 0.3) is 0 Å². The lowest BCUT2D eigenvalue weighted by atomic mass is 10.1. The molecule has 0 aliphatic rings. The predicted molar refractivity (Wildman–Crippen MR) is 125 cm³/mol. The molecule has 0 heterocycles. The van der Waals surface area contributed by atoms with Crippen molar-refractivity contribution in [2.24, 2.45) is 0 Å². The van der Waals surface area contributed by atoms with Crippen LogP contribution in [0.3, 0.4) is 0 Å². The van der Waals surface area contributed by atoms with Crippen molar-refractivity contribution >= 4 is 44.8 Å². The maximum Gasteiger partial charge on any atom is 0.221 e. The molecule has 0 fully saturated rings. The van der Waals surface area contributed by atoms with Gasteiger partial charge in [0.2, 0.25) is 5.91 Å². The summed E-state index contributed by atoms with van der Waals surface area (Å²) in [5.74, 6) is 1.21. The number of rotatable bonds is 8. The minimum atomic E-state index is -0.0995. The topological polar surface area (TPSA) is 59.6 Å². The summed E-state index contributed by atoms with van der Waals surface area (Å²) in [5.41, 5.74) is 3.57. The maximum atomic E-state index is 11.2. The highest BCUT2D eigenvalue weighted by atomic mass is 79.9. The molecule has 3 aromatic carbocycles. The standard InChI is InChI=1S/C23H22BrClN2O3/c1-15(28)27-19-8-6-18(7-9-19)26-13-20-21(24)10-11-22(29-2)23(20)30-14-16-4-3-5-17(25)12-16/h3-12,26H,13-14H2,1-2H3,(H,27,28). The molecule has 5 nitrogen and oxygen atoms in total. The van der Waals surface area contributed by atoms with E-state index in [4.69, 9.17) is 21.1 Å². The second-order valence-corrected chi connectivity index (χ2v) is 7.88. The van der Waals surface area contributed by atoms with E-state index in [2.05, 4.69) is 26.6 Å². The first-order chi connectivity index (χ1) is 14.5. The van der Waals surface area contributed by atoms with Crippen molar-refractivity contribution in [1.82, 2.24) is 0 Å².